The second kappa shape index (κ2) is 8.47. The van der Waals surface area contributed by atoms with Crippen molar-refractivity contribution in [2.75, 3.05) is 0 Å². The molecule has 29 heavy (non-hydrogen) atoms. The molecule has 3 aromatic rings. The molecule has 152 valence electrons. The van der Waals surface area contributed by atoms with Gasteiger partial charge in [0, 0.05) is 18.7 Å². The zero-order chi connectivity index (χ0) is 21.1. The van der Waals surface area contributed by atoms with E-state index in [1.807, 2.05) is 75.0 Å². The number of amides is 1. The van der Waals surface area contributed by atoms with Crippen molar-refractivity contribution in [1.29, 1.82) is 0 Å². The van der Waals surface area contributed by atoms with E-state index in [1.165, 1.54) is 0 Å². The highest BCUT2D eigenvalue weighted by Gasteiger charge is 2.24. The van der Waals surface area contributed by atoms with Crippen LogP contribution >= 0.6 is 0 Å². The molecule has 2 N–H and O–H groups in total. The van der Waals surface area contributed by atoms with Gasteiger partial charge in [-0.25, -0.2) is 0 Å². The highest BCUT2D eigenvalue weighted by Crippen LogP contribution is 2.27. The number of benzene rings is 2. The molecule has 0 spiro atoms. The predicted molar refractivity (Wildman–Crippen MR) is 113 cm³/mol. The fourth-order valence-electron chi connectivity index (χ4n) is 3.79. The number of aliphatic carboxylic acids is 1. The summed E-state index contributed by atoms with van der Waals surface area (Å²) in [6.07, 6.45) is 0.393. The molecule has 1 amide bonds. The Kier molecular flexibility index (Phi) is 6.01. The van der Waals surface area contributed by atoms with Gasteiger partial charge in [-0.15, -0.1) is 0 Å². The van der Waals surface area contributed by atoms with Gasteiger partial charge in [-0.2, -0.15) is 5.10 Å². The quantitative estimate of drug-likeness (QED) is 0.641. The molecule has 2 aromatic carbocycles. The van der Waals surface area contributed by atoms with Crippen LogP contribution in [0.2, 0.25) is 0 Å². The maximum Gasteiger partial charge on any atom is 0.305 e. The molecule has 0 fully saturated rings. The maximum absolute atomic E-state index is 12.9. The van der Waals surface area contributed by atoms with Crippen molar-refractivity contribution in [1.82, 2.24) is 15.1 Å². The van der Waals surface area contributed by atoms with Gasteiger partial charge in [-0.05, 0) is 42.2 Å². The first-order valence-corrected chi connectivity index (χ1v) is 9.76. The van der Waals surface area contributed by atoms with Gasteiger partial charge < -0.3 is 10.4 Å². The predicted octanol–water partition coefficient (Wildman–Crippen LogP) is 3.70. The van der Waals surface area contributed by atoms with E-state index >= 15 is 0 Å². The molecule has 0 aliphatic rings. The highest BCUT2D eigenvalue weighted by molar-refractivity contribution is 5.88. The van der Waals surface area contributed by atoms with Crippen molar-refractivity contribution in [2.45, 2.75) is 39.7 Å². The Labute approximate surface area is 170 Å². The summed E-state index contributed by atoms with van der Waals surface area (Å²) in [6.45, 7) is 5.79. The van der Waals surface area contributed by atoms with E-state index in [4.69, 9.17) is 0 Å². The van der Waals surface area contributed by atoms with Crippen molar-refractivity contribution in [2.24, 2.45) is 13.0 Å². The Balaban J connectivity index is 1.84. The van der Waals surface area contributed by atoms with Crippen molar-refractivity contribution in [3.63, 3.8) is 0 Å². The number of carbonyl (C=O) groups is 2. The Morgan fingerprint density at radius 3 is 2.48 bits per heavy atom. The normalized spacial score (nSPS) is 13.2. The number of nitrogens with one attached hydrogen (secondary N) is 1. The Morgan fingerprint density at radius 1 is 1.14 bits per heavy atom. The van der Waals surface area contributed by atoms with E-state index in [0.717, 1.165) is 33.3 Å². The fraction of sp³-hybridized carbons (Fsp3) is 0.348. The molecule has 0 bridgehead atoms. The van der Waals surface area contributed by atoms with Crippen LogP contribution in [0.3, 0.4) is 0 Å². The third kappa shape index (κ3) is 4.47. The lowest BCUT2D eigenvalue weighted by atomic mass is 9.94. The van der Waals surface area contributed by atoms with Crippen LogP contribution in [0, 0.1) is 19.8 Å². The third-order valence-electron chi connectivity index (χ3n) is 5.51. The number of carboxylic acids is 1. The summed E-state index contributed by atoms with van der Waals surface area (Å²) < 4.78 is 1.82. The molecule has 0 saturated heterocycles. The molecule has 2 atom stereocenters. The van der Waals surface area contributed by atoms with Crippen LogP contribution < -0.4 is 5.32 Å². The van der Waals surface area contributed by atoms with E-state index in [2.05, 4.69) is 10.4 Å². The van der Waals surface area contributed by atoms with Crippen molar-refractivity contribution in [3.05, 3.63) is 65.0 Å². The van der Waals surface area contributed by atoms with Gasteiger partial charge >= 0.3 is 5.97 Å². The van der Waals surface area contributed by atoms with Gasteiger partial charge in [-0.1, -0.05) is 49.4 Å². The van der Waals surface area contributed by atoms with Crippen LogP contribution in [0.4, 0.5) is 0 Å². The summed E-state index contributed by atoms with van der Waals surface area (Å²) in [5, 5.41) is 18.8. The smallest absolute Gasteiger partial charge is 0.305 e. The van der Waals surface area contributed by atoms with Crippen LogP contribution in [0.1, 0.15) is 41.9 Å². The van der Waals surface area contributed by atoms with E-state index in [9.17, 15) is 14.7 Å². The van der Waals surface area contributed by atoms with Crippen LogP contribution in [0.15, 0.2) is 42.5 Å². The number of carboxylic acid groups (broad SMARTS) is 1. The molecule has 6 heteroatoms. The minimum Gasteiger partial charge on any atom is -0.481 e. The Morgan fingerprint density at radius 2 is 1.83 bits per heavy atom. The molecule has 1 aromatic heterocycles. The van der Waals surface area contributed by atoms with Gasteiger partial charge in [0.2, 0.25) is 5.91 Å². The van der Waals surface area contributed by atoms with E-state index in [-0.39, 0.29) is 18.2 Å². The van der Waals surface area contributed by atoms with Gasteiger partial charge in [0.1, 0.15) is 0 Å². The summed E-state index contributed by atoms with van der Waals surface area (Å²) in [4.78, 5) is 24.4. The first kappa shape index (κ1) is 20.6. The molecule has 0 radical (unpaired) electrons. The van der Waals surface area contributed by atoms with Gasteiger partial charge in [0.15, 0.2) is 0 Å². The standard InChI is InChI=1S/C23H27N3O3/c1-14(12-20-15(2)25-26(4)16(20)3)23(29)24-21(13-22(27)28)19-11-7-9-17-8-5-6-10-18(17)19/h5-11,14,21H,12-13H2,1-4H3,(H,24,29)(H,27,28)/t14?,21-/m1/s1. The number of fused-ring (bicyclic) bond motifs is 1. The molecule has 6 nitrogen and oxygen atoms in total. The lowest BCUT2D eigenvalue weighted by Gasteiger charge is -2.22. The lowest BCUT2D eigenvalue weighted by molar-refractivity contribution is -0.137. The second-order valence-corrected chi connectivity index (χ2v) is 7.61. The second-order valence-electron chi connectivity index (χ2n) is 7.61. The summed E-state index contributed by atoms with van der Waals surface area (Å²) >= 11 is 0. The molecule has 0 saturated carbocycles. The largest absolute Gasteiger partial charge is 0.481 e. The van der Waals surface area contributed by atoms with E-state index in [1.54, 1.807) is 0 Å². The number of rotatable bonds is 7. The summed E-state index contributed by atoms with van der Waals surface area (Å²) in [5.74, 6) is -1.41. The van der Waals surface area contributed by atoms with Crippen molar-refractivity contribution < 1.29 is 14.7 Å². The minimum atomic E-state index is -0.949. The van der Waals surface area contributed by atoms with Crippen LogP contribution in [0.5, 0.6) is 0 Å². The molecule has 0 aliphatic heterocycles. The fourth-order valence-corrected chi connectivity index (χ4v) is 3.79. The van der Waals surface area contributed by atoms with Crippen LogP contribution in [-0.4, -0.2) is 26.8 Å². The average molecular weight is 393 g/mol. The topological polar surface area (TPSA) is 84.2 Å². The zero-order valence-corrected chi connectivity index (χ0v) is 17.3. The number of aromatic nitrogens is 2. The molecule has 1 unspecified atom stereocenters. The molecule has 0 aliphatic carbocycles. The Bertz CT molecular complexity index is 1050. The SMILES string of the molecule is Cc1nn(C)c(C)c1CC(C)C(=O)N[C@H](CC(=O)O)c1cccc2ccccc12. The number of carbonyl (C=O) groups excluding carboxylic acids is 1. The van der Waals surface area contributed by atoms with Crippen LogP contribution in [0.25, 0.3) is 10.8 Å². The lowest BCUT2D eigenvalue weighted by Crippen LogP contribution is -2.35. The number of nitrogens with zero attached hydrogens (tertiary/aromatic N) is 2. The third-order valence-corrected chi connectivity index (χ3v) is 5.51. The van der Waals surface area contributed by atoms with Gasteiger partial charge in [0.25, 0.3) is 0 Å². The molecule has 3 rings (SSSR count). The van der Waals surface area contributed by atoms with Crippen molar-refractivity contribution >= 4 is 22.6 Å². The number of aryl methyl sites for hydroxylation is 2. The minimum absolute atomic E-state index is 0.160. The first-order valence-electron chi connectivity index (χ1n) is 9.76. The van der Waals surface area contributed by atoms with E-state index in [0.29, 0.717) is 6.42 Å². The van der Waals surface area contributed by atoms with Crippen molar-refractivity contribution in [3.8, 4) is 0 Å². The summed E-state index contributed by atoms with van der Waals surface area (Å²) in [5.41, 5.74) is 3.84. The van der Waals surface area contributed by atoms with Gasteiger partial charge in [-0.3, -0.25) is 14.3 Å². The first-order chi connectivity index (χ1) is 13.8. The summed E-state index contributed by atoms with van der Waals surface area (Å²) in [6, 6.07) is 13.0. The molecular weight excluding hydrogens is 366 g/mol. The average Bonchev–Trinajstić information content (AvgIpc) is 2.92. The van der Waals surface area contributed by atoms with Crippen LogP contribution in [-0.2, 0) is 23.1 Å². The highest BCUT2D eigenvalue weighted by atomic mass is 16.4. The molecular formula is C23H27N3O3. The maximum atomic E-state index is 12.9. The van der Waals surface area contributed by atoms with Gasteiger partial charge in [0.05, 0.1) is 18.2 Å². The number of hydrogen-bond acceptors (Lipinski definition) is 3. The Hall–Kier alpha value is -3.15. The zero-order valence-electron chi connectivity index (χ0n) is 17.3. The summed E-state index contributed by atoms with van der Waals surface area (Å²) in [7, 11) is 1.89. The monoisotopic (exact) mass is 393 g/mol. The number of hydrogen-bond donors (Lipinski definition) is 2. The molecule has 1 heterocycles. The van der Waals surface area contributed by atoms with E-state index < -0.39 is 12.0 Å².